The molecule has 0 spiro atoms. The minimum atomic E-state index is -0.456. The van der Waals surface area contributed by atoms with Crippen LogP contribution in [0.5, 0.6) is 0 Å². The van der Waals surface area contributed by atoms with Crippen LogP contribution in [0.25, 0.3) is 0 Å². The van der Waals surface area contributed by atoms with Crippen molar-refractivity contribution in [2.75, 3.05) is 19.6 Å². The van der Waals surface area contributed by atoms with Crippen molar-refractivity contribution in [1.82, 2.24) is 10.2 Å². The van der Waals surface area contributed by atoms with E-state index in [1.165, 1.54) is 0 Å². The van der Waals surface area contributed by atoms with E-state index in [0.29, 0.717) is 12.5 Å². The Labute approximate surface area is 109 Å². The van der Waals surface area contributed by atoms with Crippen molar-refractivity contribution in [3.63, 3.8) is 0 Å². The fourth-order valence-electron chi connectivity index (χ4n) is 1.99. The molecule has 0 aromatic rings. The number of carbonyl (C=O) groups is 2. The average Bonchev–Trinajstić information content (AvgIpc) is 2.24. The summed E-state index contributed by atoms with van der Waals surface area (Å²) >= 11 is 0. The van der Waals surface area contributed by atoms with Crippen molar-refractivity contribution in [3.8, 4) is 0 Å². The highest BCUT2D eigenvalue weighted by atomic mass is 16.6. The quantitative estimate of drug-likeness (QED) is 0.819. The smallest absolute Gasteiger partial charge is 0.407 e. The Hall–Kier alpha value is -1.26. The third-order valence-electron chi connectivity index (χ3n) is 2.99. The Morgan fingerprint density at radius 1 is 1.28 bits per heavy atom. The fraction of sp³-hybridized carbons (Fsp3) is 0.846. The lowest BCUT2D eigenvalue weighted by Crippen LogP contribution is -2.41. The zero-order valence-corrected chi connectivity index (χ0v) is 11.8. The molecular formula is C13H24N2O3. The SMILES string of the molecule is CC(=O)N1CCC(CNC(=O)OC(C)(C)C)CC1. The second-order valence-electron chi connectivity index (χ2n) is 5.83. The van der Waals surface area contributed by atoms with Crippen LogP contribution in [0.4, 0.5) is 4.79 Å². The van der Waals surface area contributed by atoms with Crippen LogP contribution < -0.4 is 5.32 Å². The number of rotatable bonds is 2. The molecule has 0 radical (unpaired) electrons. The number of ether oxygens (including phenoxy) is 1. The number of alkyl carbamates (subject to hydrolysis) is 1. The van der Waals surface area contributed by atoms with E-state index in [-0.39, 0.29) is 12.0 Å². The third-order valence-corrected chi connectivity index (χ3v) is 2.99. The van der Waals surface area contributed by atoms with Crippen LogP contribution in [0.2, 0.25) is 0 Å². The number of amides is 2. The second-order valence-corrected chi connectivity index (χ2v) is 5.83. The number of carbonyl (C=O) groups excluding carboxylic acids is 2. The van der Waals surface area contributed by atoms with E-state index in [1.807, 2.05) is 25.7 Å². The highest BCUT2D eigenvalue weighted by Gasteiger charge is 2.22. The molecule has 1 saturated heterocycles. The van der Waals surface area contributed by atoms with Crippen LogP contribution in [0.15, 0.2) is 0 Å². The minimum Gasteiger partial charge on any atom is -0.444 e. The average molecular weight is 256 g/mol. The van der Waals surface area contributed by atoms with Gasteiger partial charge >= 0.3 is 6.09 Å². The van der Waals surface area contributed by atoms with Gasteiger partial charge in [0.1, 0.15) is 5.60 Å². The zero-order valence-electron chi connectivity index (χ0n) is 11.8. The van der Waals surface area contributed by atoms with E-state index in [4.69, 9.17) is 4.74 Å². The number of likely N-dealkylation sites (tertiary alicyclic amines) is 1. The van der Waals surface area contributed by atoms with Gasteiger partial charge in [0.2, 0.25) is 5.91 Å². The lowest BCUT2D eigenvalue weighted by Gasteiger charge is -2.31. The van der Waals surface area contributed by atoms with Crippen LogP contribution in [-0.4, -0.2) is 42.1 Å². The van der Waals surface area contributed by atoms with Gasteiger partial charge in [-0.15, -0.1) is 0 Å². The molecule has 5 nitrogen and oxygen atoms in total. The maximum Gasteiger partial charge on any atom is 0.407 e. The number of piperidine rings is 1. The Bertz CT molecular complexity index is 302. The van der Waals surface area contributed by atoms with Crippen molar-refractivity contribution in [3.05, 3.63) is 0 Å². The third kappa shape index (κ3) is 5.38. The zero-order chi connectivity index (χ0) is 13.8. The van der Waals surface area contributed by atoms with E-state index in [9.17, 15) is 9.59 Å². The summed E-state index contributed by atoms with van der Waals surface area (Å²) in [5, 5.41) is 2.79. The number of nitrogens with one attached hydrogen (secondary N) is 1. The van der Waals surface area contributed by atoms with Crippen LogP contribution in [0.1, 0.15) is 40.5 Å². The number of hydrogen-bond donors (Lipinski definition) is 1. The highest BCUT2D eigenvalue weighted by molar-refractivity contribution is 5.73. The predicted octanol–water partition coefficient (Wildman–Crippen LogP) is 1.77. The summed E-state index contributed by atoms with van der Waals surface area (Å²) in [5.74, 6) is 0.571. The fourth-order valence-corrected chi connectivity index (χ4v) is 1.99. The normalized spacial score (nSPS) is 17.4. The first-order valence-corrected chi connectivity index (χ1v) is 6.50. The summed E-state index contributed by atoms with van der Waals surface area (Å²) in [6, 6.07) is 0. The molecule has 0 bridgehead atoms. The monoisotopic (exact) mass is 256 g/mol. The molecule has 0 saturated carbocycles. The van der Waals surface area contributed by atoms with Gasteiger partial charge in [-0.25, -0.2) is 4.79 Å². The Morgan fingerprint density at radius 3 is 2.28 bits per heavy atom. The molecule has 1 heterocycles. The van der Waals surface area contributed by atoms with Crippen LogP contribution in [0.3, 0.4) is 0 Å². The molecule has 1 aliphatic rings. The topological polar surface area (TPSA) is 58.6 Å². The Kier molecular flexibility index (Phi) is 4.99. The van der Waals surface area contributed by atoms with E-state index in [1.54, 1.807) is 6.92 Å². The summed E-state index contributed by atoms with van der Waals surface area (Å²) in [6.07, 6.45) is 1.52. The van der Waals surface area contributed by atoms with Crippen molar-refractivity contribution >= 4 is 12.0 Å². The predicted molar refractivity (Wildman–Crippen MR) is 69.2 cm³/mol. The summed E-state index contributed by atoms with van der Waals surface area (Å²) in [4.78, 5) is 24.5. The highest BCUT2D eigenvalue weighted by Crippen LogP contribution is 2.16. The summed E-state index contributed by atoms with van der Waals surface area (Å²) in [5.41, 5.74) is -0.456. The van der Waals surface area contributed by atoms with Gasteiger partial charge < -0.3 is 15.0 Å². The van der Waals surface area contributed by atoms with E-state index in [0.717, 1.165) is 25.9 Å². The van der Waals surface area contributed by atoms with Crippen LogP contribution in [0, 0.1) is 5.92 Å². The van der Waals surface area contributed by atoms with Gasteiger partial charge in [0, 0.05) is 26.6 Å². The van der Waals surface area contributed by atoms with Crippen molar-refractivity contribution < 1.29 is 14.3 Å². The maximum absolute atomic E-state index is 11.5. The molecule has 18 heavy (non-hydrogen) atoms. The molecule has 0 unspecified atom stereocenters. The summed E-state index contributed by atoms with van der Waals surface area (Å²) in [7, 11) is 0. The number of nitrogens with zero attached hydrogens (tertiary/aromatic N) is 1. The standard InChI is InChI=1S/C13H24N2O3/c1-10(16)15-7-5-11(6-8-15)9-14-12(17)18-13(2,3)4/h11H,5-9H2,1-4H3,(H,14,17). The lowest BCUT2D eigenvalue weighted by molar-refractivity contribution is -0.130. The molecule has 1 aliphatic heterocycles. The molecule has 1 rings (SSSR count). The molecule has 1 N–H and O–H groups in total. The van der Waals surface area contributed by atoms with Gasteiger partial charge in [0.15, 0.2) is 0 Å². The summed E-state index contributed by atoms with van der Waals surface area (Å²) < 4.78 is 5.17. The molecule has 0 aromatic heterocycles. The first-order valence-electron chi connectivity index (χ1n) is 6.50. The first-order chi connectivity index (χ1) is 8.28. The van der Waals surface area contributed by atoms with Crippen molar-refractivity contribution in [1.29, 1.82) is 0 Å². The molecule has 104 valence electrons. The Balaban J connectivity index is 2.22. The van der Waals surface area contributed by atoms with E-state index >= 15 is 0 Å². The van der Waals surface area contributed by atoms with E-state index < -0.39 is 5.60 Å². The van der Waals surface area contributed by atoms with Crippen LogP contribution >= 0.6 is 0 Å². The summed E-state index contributed by atoms with van der Waals surface area (Å²) in [6.45, 7) is 9.33. The molecule has 0 aliphatic carbocycles. The van der Waals surface area contributed by atoms with Gasteiger partial charge in [-0.2, -0.15) is 0 Å². The van der Waals surface area contributed by atoms with Gasteiger partial charge in [0.25, 0.3) is 0 Å². The van der Waals surface area contributed by atoms with Gasteiger partial charge in [-0.1, -0.05) is 0 Å². The van der Waals surface area contributed by atoms with Crippen LogP contribution in [-0.2, 0) is 9.53 Å². The van der Waals surface area contributed by atoms with Crippen molar-refractivity contribution in [2.24, 2.45) is 5.92 Å². The molecule has 1 fully saturated rings. The lowest BCUT2D eigenvalue weighted by atomic mass is 9.97. The molecule has 5 heteroatoms. The largest absolute Gasteiger partial charge is 0.444 e. The minimum absolute atomic E-state index is 0.133. The van der Waals surface area contributed by atoms with Gasteiger partial charge in [-0.05, 0) is 39.5 Å². The molecular weight excluding hydrogens is 232 g/mol. The molecule has 0 atom stereocenters. The van der Waals surface area contributed by atoms with Gasteiger partial charge in [-0.3, -0.25) is 4.79 Å². The number of hydrogen-bond acceptors (Lipinski definition) is 3. The second kappa shape index (κ2) is 6.07. The van der Waals surface area contributed by atoms with Gasteiger partial charge in [0.05, 0.1) is 0 Å². The maximum atomic E-state index is 11.5. The Morgan fingerprint density at radius 2 is 1.83 bits per heavy atom. The van der Waals surface area contributed by atoms with Crippen molar-refractivity contribution in [2.45, 2.75) is 46.1 Å². The molecule has 0 aromatic carbocycles. The molecule has 2 amide bonds. The van der Waals surface area contributed by atoms with E-state index in [2.05, 4.69) is 5.32 Å². The first kappa shape index (κ1) is 14.8.